The molecule has 1 aromatic carbocycles. The highest BCUT2D eigenvalue weighted by molar-refractivity contribution is 5.40. The molecule has 5 heteroatoms. The molecule has 3 heterocycles. The molecule has 1 aromatic rings. The van der Waals surface area contributed by atoms with Crippen LogP contribution >= 0.6 is 0 Å². The first-order valence-electron chi connectivity index (χ1n) is 6.19. The normalized spacial score (nSPS) is 40.4. The third-order valence-electron chi connectivity index (χ3n) is 3.73. The minimum absolute atomic E-state index is 0.00921. The lowest BCUT2D eigenvalue weighted by molar-refractivity contribution is -0.196. The quantitative estimate of drug-likeness (QED) is 0.736. The van der Waals surface area contributed by atoms with Crippen LogP contribution in [0, 0.1) is 0 Å². The summed E-state index contributed by atoms with van der Waals surface area (Å²) in [5.74, 6) is 1.57. The Morgan fingerprint density at radius 1 is 1.22 bits per heavy atom. The molecule has 0 aliphatic carbocycles. The number of hydrogen-bond acceptors (Lipinski definition) is 5. The van der Waals surface area contributed by atoms with Crippen molar-refractivity contribution in [2.45, 2.75) is 30.6 Å². The lowest BCUT2D eigenvalue weighted by atomic mass is 10.1. The van der Waals surface area contributed by atoms with Gasteiger partial charge in [-0.2, -0.15) is 0 Å². The van der Waals surface area contributed by atoms with Crippen LogP contribution in [0.1, 0.15) is 0 Å². The Kier molecular flexibility index (Phi) is 2.27. The largest absolute Gasteiger partial charge is 0.487 e. The predicted molar refractivity (Wildman–Crippen MR) is 62.7 cm³/mol. The maximum atomic E-state index is 6.04. The second kappa shape index (κ2) is 3.85. The number of ether oxygens (including phenoxy) is 4. The Morgan fingerprint density at radius 2 is 2.06 bits per heavy atom. The molecule has 3 aliphatic heterocycles. The SMILES string of the molecule is COC1OC2COc3ccccc3OC2C2NC12. The fourth-order valence-electron chi connectivity index (χ4n) is 2.75. The van der Waals surface area contributed by atoms with Crippen molar-refractivity contribution in [3.63, 3.8) is 0 Å². The maximum absolute atomic E-state index is 6.04. The summed E-state index contributed by atoms with van der Waals surface area (Å²) < 4.78 is 23.0. The van der Waals surface area contributed by atoms with Crippen molar-refractivity contribution in [3.8, 4) is 11.5 Å². The third-order valence-corrected chi connectivity index (χ3v) is 3.73. The molecule has 0 bridgehead atoms. The molecule has 5 nitrogen and oxygen atoms in total. The van der Waals surface area contributed by atoms with E-state index in [2.05, 4.69) is 5.32 Å². The van der Waals surface area contributed by atoms with E-state index in [0.717, 1.165) is 11.5 Å². The standard InChI is InChI=1S/C13H15NO4/c1-15-13-11-10(14-11)12-9(18-13)6-16-7-4-2-3-5-8(7)17-12/h2-5,9-14H,6H2,1H3. The summed E-state index contributed by atoms with van der Waals surface area (Å²) in [7, 11) is 1.66. The molecule has 3 aliphatic rings. The van der Waals surface area contributed by atoms with Crippen molar-refractivity contribution in [1.82, 2.24) is 5.32 Å². The summed E-state index contributed by atoms with van der Waals surface area (Å²) >= 11 is 0. The van der Waals surface area contributed by atoms with Gasteiger partial charge >= 0.3 is 0 Å². The number of benzene rings is 1. The second-order valence-electron chi connectivity index (χ2n) is 4.84. The minimum atomic E-state index is -0.204. The molecule has 5 atom stereocenters. The monoisotopic (exact) mass is 249 g/mol. The number of fused-ring (bicyclic) bond motifs is 4. The van der Waals surface area contributed by atoms with Crippen LogP contribution in [0.25, 0.3) is 0 Å². The smallest absolute Gasteiger partial charge is 0.174 e. The van der Waals surface area contributed by atoms with Gasteiger partial charge in [-0.15, -0.1) is 0 Å². The lowest BCUT2D eigenvalue weighted by Crippen LogP contribution is -2.50. The zero-order valence-corrected chi connectivity index (χ0v) is 10.0. The highest BCUT2D eigenvalue weighted by Crippen LogP contribution is 2.38. The van der Waals surface area contributed by atoms with Gasteiger partial charge in [-0.1, -0.05) is 12.1 Å². The zero-order chi connectivity index (χ0) is 12.1. The van der Waals surface area contributed by atoms with Gasteiger partial charge in [0.25, 0.3) is 0 Å². The average molecular weight is 249 g/mol. The number of nitrogens with one attached hydrogen (secondary N) is 1. The summed E-state index contributed by atoms with van der Waals surface area (Å²) in [6.07, 6.45) is -0.312. The van der Waals surface area contributed by atoms with Crippen LogP contribution in [-0.4, -0.2) is 44.3 Å². The van der Waals surface area contributed by atoms with E-state index in [9.17, 15) is 0 Å². The average Bonchev–Trinajstić information content (AvgIpc) is 3.19. The molecule has 0 amide bonds. The molecule has 0 saturated carbocycles. The van der Waals surface area contributed by atoms with Crippen molar-refractivity contribution < 1.29 is 18.9 Å². The zero-order valence-electron chi connectivity index (χ0n) is 10.0. The topological polar surface area (TPSA) is 58.9 Å². The molecular weight excluding hydrogens is 234 g/mol. The van der Waals surface area contributed by atoms with Gasteiger partial charge in [-0.05, 0) is 12.1 Å². The number of methoxy groups -OCH3 is 1. The Morgan fingerprint density at radius 3 is 2.89 bits per heavy atom. The van der Waals surface area contributed by atoms with E-state index in [1.165, 1.54) is 0 Å². The number of rotatable bonds is 1. The van der Waals surface area contributed by atoms with Crippen molar-refractivity contribution in [2.75, 3.05) is 13.7 Å². The van der Waals surface area contributed by atoms with Gasteiger partial charge in [-0.25, -0.2) is 0 Å². The van der Waals surface area contributed by atoms with Crippen LogP contribution in [0.15, 0.2) is 24.3 Å². The first kappa shape index (κ1) is 10.6. The second-order valence-corrected chi connectivity index (χ2v) is 4.84. The van der Waals surface area contributed by atoms with E-state index in [0.29, 0.717) is 12.6 Å². The van der Waals surface area contributed by atoms with E-state index < -0.39 is 0 Å². The molecule has 5 unspecified atom stereocenters. The molecule has 2 fully saturated rings. The first-order chi connectivity index (χ1) is 8.86. The first-order valence-corrected chi connectivity index (χ1v) is 6.19. The lowest BCUT2D eigenvalue weighted by Gasteiger charge is -2.31. The van der Waals surface area contributed by atoms with E-state index in [4.69, 9.17) is 18.9 Å². The van der Waals surface area contributed by atoms with Crippen LogP contribution in [0.5, 0.6) is 11.5 Å². The van der Waals surface area contributed by atoms with Gasteiger partial charge < -0.3 is 24.3 Å². The molecule has 0 spiro atoms. The summed E-state index contributed by atoms with van der Waals surface area (Å²) in [4.78, 5) is 0. The van der Waals surface area contributed by atoms with E-state index in [1.807, 2.05) is 24.3 Å². The van der Waals surface area contributed by atoms with E-state index >= 15 is 0 Å². The molecule has 4 rings (SSSR count). The minimum Gasteiger partial charge on any atom is -0.487 e. The van der Waals surface area contributed by atoms with Gasteiger partial charge in [-0.3, -0.25) is 0 Å². The molecule has 96 valence electrons. The van der Waals surface area contributed by atoms with Gasteiger partial charge in [0.1, 0.15) is 18.8 Å². The molecule has 1 N–H and O–H groups in total. The molecule has 2 saturated heterocycles. The Bertz CT molecular complexity index is 466. The van der Waals surface area contributed by atoms with Crippen LogP contribution in [0.4, 0.5) is 0 Å². The van der Waals surface area contributed by atoms with Crippen LogP contribution < -0.4 is 14.8 Å². The number of hydrogen-bond donors (Lipinski definition) is 1. The highest BCUT2D eigenvalue weighted by atomic mass is 16.7. The fraction of sp³-hybridized carbons (Fsp3) is 0.538. The molecular formula is C13H15NO4. The Balaban J connectivity index is 1.62. The van der Waals surface area contributed by atoms with Crippen molar-refractivity contribution in [1.29, 1.82) is 0 Å². The summed E-state index contributed by atoms with van der Waals surface area (Å²) in [5.41, 5.74) is 0. The van der Waals surface area contributed by atoms with E-state index in [-0.39, 0.29) is 24.5 Å². The summed E-state index contributed by atoms with van der Waals surface area (Å²) in [6.45, 7) is 0.492. The summed E-state index contributed by atoms with van der Waals surface area (Å²) in [5, 5.41) is 3.36. The van der Waals surface area contributed by atoms with Crippen LogP contribution in [0.3, 0.4) is 0 Å². The predicted octanol–water partition coefficient (Wildman–Crippen LogP) is 0.538. The van der Waals surface area contributed by atoms with Crippen molar-refractivity contribution in [2.24, 2.45) is 0 Å². The molecule has 0 aromatic heterocycles. The fourth-order valence-corrected chi connectivity index (χ4v) is 2.75. The maximum Gasteiger partial charge on any atom is 0.174 e. The Labute approximate surface area is 105 Å². The Hall–Kier alpha value is -1.30. The molecule has 18 heavy (non-hydrogen) atoms. The van der Waals surface area contributed by atoms with Gasteiger partial charge in [0, 0.05) is 7.11 Å². The molecule has 0 radical (unpaired) electrons. The van der Waals surface area contributed by atoms with Crippen LogP contribution in [0.2, 0.25) is 0 Å². The summed E-state index contributed by atoms with van der Waals surface area (Å²) in [6, 6.07) is 8.26. The van der Waals surface area contributed by atoms with Crippen molar-refractivity contribution >= 4 is 0 Å². The number of para-hydroxylation sites is 2. The van der Waals surface area contributed by atoms with Crippen molar-refractivity contribution in [3.05, 3.63) is 24.3 Å². The van der Waals surface area contributed by atoms with Gasteiger partial charge in [0.15, 0.2) is 17.8 Å². The van der Waals surface area contributed by atoms with Gasteiger partial charge in [0.05, 0.1) is 12.1 Å². The van der Waals surface area contributed by atoms with E-state index in [1.54, 1.807) is 7.11 Å². The van der Waals surface area contributed by atoms with Crippen LogP contribution in [-0.2, 0) is 9.47 Å². The van der Waals surface area contributed by atoms with Gasteiger partial charge in [0.2, 0.25) is 0 Å². The third kappa shape index (κ3) is 1.51. The highest BCUT2D eigenvalue weighted by Gasteiger charge is 2.58.